The van der Waals surface area contributed by atoms with Crippen molar-refractivity contribution in [2.75, 3.05) is 19.6 Å². The van der Waals surface area contributed by atoms with Crippen molar-refractivity contribution in [3.8, 4) is 0 Å². The topological polar surface area (TPSA) is 60.8 Å². The molecule has 4 heteroatoms. The van der Waals surface area contributed by atoms with Crippen molar-refractivity contribution in [2.24, 2.45) is 5.92 Å². The van der Waals surface area contributed by atoms with E-state index in [-0.39, 0.29) is 5.92 Å². The molecule has 0 saturated carbocycles. The van der Waals surface area contributed by atoms with Gasteiger partial charge in [-0.3, -0.25) is 0 Å². The Hall–Kier alpha value is -0.610. The van der Waals surface area contributed by atoms with Crippen LogP contribution in [-0.2, 0) is 4.79 Å². The smallest absolute Gasteiger partial charge is 0.336 e. The number of carbonyl (C=O) groups is 1. The average molecular weight is 171 g/mol. The van der Waals surface area contributed by atoms with Crippen molar-refractivity contribution in [3.05, 3.63) is 0 Å². The van der Waals surface area contributed by atoms with Crippen LogP contribution in [0.3, 0.4) is 0 Å². The lowest BCUT2D eigenvalue weighted by molar-refractivity contribution is -0.168. The van der Waals surface area contributed by atoms with Crippen molar-refractivity contribution in [1.29, 1.82) is 0 Å². The van der Waals surface area contributed by atoms with Gasteiger partial charge in [-0.05, 0) is 19.4 Å². The molecule has 0 amide bonds. The molecule has 12 heavy (non-hydrogen) atoms. The Morgan fingerprint density at radius 2 is 2.25 bits per heavy atom. The predicted molar refractivity (Wildman–Crippen MR) is 41.7 cm³/mol. The highest BCUT2D eigenvalue weighted by molar-refractivity contribution is 5.77. The first-order chi connectivity index (χ1) is 5.63. The molecule has 0 aromatic heterocycles. The molecule has 2 rings (SSSR count). The zero-order valence-electron chi connectivity index (χ0n) is 6.86. The highest BCUT2D eigenvalue weighted by Gasteiger charge is 2.50. The predicted octanol–water partition coefficient (Wildman–Crippen LogP) is -0.472. The molecule has 2 saturated heterocycles. The summed E-state index contributed by atoms with van der Waals surface area (Å²) in [7, 11) is 0. The third-order valence-corrected chi connectivity index (χ3v) is 3.13. The van der Waals surface area contributed by atoms with Crippen molar-refractivity contribution in [1.82, 2.24) is 4.90 Å². The van der Waals surface area contributed by atoms with Gasteiger partial charge in [0, 0.05) is 19.0 Å². The molecule has 3 unspecified atom stereocenters. The van der Waals surface area contributed by atoms with E-state index in [0.717, 1.165) is 26.1 Å². The van der Waals surface area contributed by atoms with Crippen LogP contribution < -0.4 is 0 Å². The SMILES string of the molecule is O=C(O)C1(O)CCN2CCC1C2. The van der Waals surface area contributed by atoms with Gasteiger partial charge in [0.05, 0.1) is 0 Å². The lowest BCUT2D eigenvalue weighted by Gasteiger charge is -2.34. The first-order valence-corrected chi connectivity index (χ1v) is 4.31. The Labute approximate surface area is 70.8 Å². The summed E-state index contributed by atoms with van der Waals surface area (Å²) in [5.74, 6) is -1.10. The Morgan fingerprint density at radius 1 is 1.50 bits per heavy atom. The molecule has 2 bridgehead atoms. The lowest BCUT2D eigenvalue weighted by Crippen LogP contribution is -2.51. The van der Waals surface area contributed by atoms with Gasteiger partial charge in [0.1, 0.15) is 0 Å². The summed E-state index contributed by atoms with van der Waals surface area (Å²) in [6.07, 6.45) is 1.20. The third kappa shape index (κ3) is 0.949. The van der Waals surface area contributed by atoms with Crippen LogP contribution in [-0.4, -0.2) is 46.3 Å². The van der Waals surface area contributed by atoms with E-state index in [0.29, 0.717) is 6.42 Å². The van der Waals surface area contributed by atoms with Gasteiger partial charge >= 0.3 is 5.97 Å². The van der Waals surface area contributed by atoms with E-state index in [4.69, 9.17) is 5.11 Å². The minimum atomic E-state index is -1.44. The number of nitrogens with zero attached hydrogens (tertiary/aromatic N) is 1. The number of carboxylic acid groups (broad SMARTS) is 1. The van der Waals surface area contributed by atoms with E-state index in [9.17, 15) is 9.90 Å². The maximum atomic E-state index is 10.8. The Balaban J connectivity index is 2.21. The van der Waals surface area contributed by atoms with Crippen LogP contribution in [0, 0.1) is 5.92 Å². The van der Waals surface area contributed by atoms with Gasteiger partial charge in [0.25, 0.3) is 0 Å². The molecular formula is C8H13NO3. The van der Waals surface area contributed by atoms with Crippen LogP contribution in [0.5, 0.6) is 0 Å². The molecule has 0 aromatic carbocycles. The summed E-state index contributed by atoms with van der Waals surface area (Å²) in [6, 6.07) is 0. The monoisotopic (exact) mass is 171 g/mol. The van der Waals surface area contributed by atoms with Gasteiger partial charge in [0.2, 0.25) is 0 Å². The highest BCUT2D eigenvalue weighted by atomic mass is 16.4. The molecule has 0 spiro atoms. The van der Waals surface area contributed by atoms with Gasteiger partial charge in [-0.25, -0.2) is 4.79 Å². The Morgan fingerprint density at radius 3 is 2.92 bits per heavy atom. The van der Waals surface area contributed by atoms with E-state index in [1.54, 1.807) is 0 Å². The van der Waals surface area contributed by atoms with Crippen molar-refractivity contribution >= 4 is 5.97 Å². The normalized spacial score (nSPS) is 46.1. The Bertz CT molecular complexity index is 218. The second-order valence-corrected chi connectivity index (χ2v) is 3.77. The van der Waals surface area contributed by atoms with Crippen LogP contribution in [0.25, 0.3) is 0 Å². The minimum Gasteiger partial charge on any atom is -0.479 e. The van der Waals surface area contributed by atoms with Gasteiger partial charge in [0.15, 0.2) is 5.60 Å². The molecule has 0 aromatic rings. The number of fused-ring (bicyclic) bond motifs is 2. The number of carboxylic acids is 1. The zero-order valence-corrected chi connectivity index (χ0v) is 6.86. The number of aliphatic hydroxyl groups is 1. The molecule has 3 atom stereocenters. The fourth-order valence-electron chi connectivity index (χ4n) is 2.24. The summed E-state index contributed by atoms with van der Waals surface area (Å²) >= 11 is 0. The quantitative estimate of drug-likeness (QED) is 0.560. The second-order valence-electron chi connectivity index (χ2n) is 3.77. The summed E-state index contributed by atoms with van der Waals surface area (Å²) in [4.78, 5) is 13.0. The van der Waals surface area contributed by atoms with Gasteiger partial charge in [-0.2, -0.15) is 0 Å². The second kappa shape index (κ2) is 2.44. The van der Waals surface area contributed by atoms with Gasteiger partial charge < -0.3 is 15.1 Å². The zero-order chi connectivity index (χ0) is 8.77. The fraction of sp³-hybridized carbons (Fsp3) is 0.875. The molecule has 2 fully saturated rings. The molecule has 0 radical (unpaired) electrons. The fourth-order valence-corrected chi connectivity index (χ4v) is 2.24. The maximum Gasteiger partial charge on any atom is 0.336 e. The summed E-state index contributed by atoms with van der Waals surface area (Å²) in [6.45, 7) is 2.42. The van der Waals surface area contributed by atoms with E-state index in [1.165, 1.54) is 0 Å². The van der Waals surface area contributed by atoms with E-state index in [2.05, 4.69) is 4.90 Å². The number of rotatable bonds is 1. The molecule has 2 heterocycles. The van der Waals surface area contributed by atoms with Gasteiger partial charge in [-0.15, -0.1) is 0 Å². The molecule has 2 aliphatic rings. The van der Waals surface area contributed by atoms with E-state index < -0.39 is 11.6 Å². The maximum absolute atomic E-state index is 10.8. The van der Waals surface area contributed by atoms with E-state index >= 15 is 0 Å². The summed E-state index contributed by atoms with van der Waals surface area (Å²) < 4.78 is 0. The first kappa shape index (κ1) is 8.01. The minimum absolute atomic E-state index is 0.0521. The van der Waals surface area contributed by atoms with Crippen LogP contribution in [0.1, 0.15) is 12.8 Å². The molecular weight excluding hydrogens is 158 g/mol. The third-order valence-electron chi connectivity index (χ3n) is 3.13. The van der Waals surface area contributed by atoms with Crippen LogP contribution in [0.2, 0.25) is 0 Å². The van der Waals surface area contributed by atoms with Crippen LogP contribution >= 0.6 is 0 Å². The van der Waals surface area contributed by atoms with Crippen molar-refractivity contribution < 1.29 is 15.0 Å². The first-order valence-electron chi connectivity index (χ1n) is 4.31. The molecule has 2 aliphatic heterocycles. The number of hydrogen-bond acceptors (Lipinski definition) is 3. The molecule has 2 N–H and O–H groups in total. The van der Waals surface area contributed by atoms with Crippen molar-refractivity contribution in [3.63, 3.8) is 0 Å². The van der Waals surface area contributed by atoms with Crippen molar-refractivity contribution in [2.45, 2.75) is 18.4 Å². The number of piperidine rings is 1. The standard InChI is InChI=1S/C8H13NO3/c10-7(11)8(12)2-4-9-3-1-6(8)5-9/h6,12H,1-5H2,(H,10,11). The van der Waals surface area contributed by atoms with Crippen LogP contribution in [0.4, 0.5) is 0 Å². The summed E-state index contributed by atoms with van der Waals surface area (Å²) in [5, 5.41) is 18.7. The molecule has 0 aliphatic carbocycles. The summed E-state index contributed by atoms with van der Waals surface area (Å²) in [5.41, 5.74) is -1.44. The number of hydrogen-bond donors (Lipinski definition) is 2. The van der Waals surface area contributed by atoms with Gasteiger partial charge in [-0.1, -0.05) is 0 Å². The number of aliphatic carboxylic acids is 1. The largest absolute Gasteiger partial charge is 0.479 e. The van der Waals surface area contributed by atoms with Crippen LogP contribution in [0.15, 0.2) is 0 Å². The Kier molecular flexibility index (Phi) is 1.63. The van der Waals surface area contributed by atoms with E-state index in [1.807, 2.05) is 0 Å². The lowest BCUT2D eigenvalue weighted by atomic mass is 9.82. The molecule has 4 nitrogen and oxygen atoms in total. The highest BCUT2D eigenvalue weighted by Crippen LogP contribution is 2.35. The average Bonchev–Trinajstić information content (AvgIpc) is 2.43. The molecule has 68 valence electrons.